The SMILES string of the molecule is Cc1ccsc1-c1ccc([C@H]2NC(=O)[C@@H]3C[C@@H](O)CN3C(=O)[C@H](C(C)(C)C)NC(=O)CSC[C@H](C(N)=O)NC(=O)[C@H](CN)NC(=O)CNC2=O)cc1. The molecule has 1 aromatic carbocycles. The summed E-state index contributed by atoms with van der Waals surface area (Å²) in [6.07, 6.45) is -1.18. The van der Waals surface area contributed by atoms with E-state index in [9.17, 15) is 38.7 Å². The zero-order valence-corrected chi connectivity index (χ0v) is 31.0. The molecule has 6 atom stereocenters. The third-order valence-corrected chi connectivity index (χ3v) is 10.8. The molecular formula is C34H46N8O8S2. The number of aliphatic hydroxyl groups excluding tert-OH is 1. The largest absolute Gasteiger partial charge is 0.391 e. The van der Waals surface area contributed by atoms with Gasteiger partial charge < -0.3 is 48.1 Å². The van der Waals surface area contributed by atoms with Crippen LogP contribution in [0.3, 0.4) is 0 Å². The van der Waals surface area contributed by atoms with E-state index in [1.807, 2.05) is 18.4 Å². The van der Waals surface area contributed by atoms with E-state index in [4.69, 9.17) is 11.5 Å². The molecule has 2 aliphatic heterocycles. The molecule has 1 aromatic heterocycles. The molecule has 0 bridgehead atoms. The fourth-order valence-corrected chi connectivity index (χ4v) is 7.64. The summed E-state index contributed by atoms with van der Waals surface area (Å²) in [5.41, 5.74) is 12.7. The number of hydrogen-bond donors (Lipinski definition) is 8. The first-order valence-corrected chi connectivity index (χ1v) is 18.7. The Morgan fingerprint density at radius 3 is 2.23 bits per heavy atom. The van der Waals surface area contributed by atoms with Crippen LogP contribution in [-0.4, -0.2) is 113 Å². The number of aryl methyl sites for hydroxylation is 1. The van der Waals surface area contributed by atoms with Gasteiger partial charge in [-0.05, 0) is 40.5 Å². The molecular weight excluding hydrogens is 713 g/mol. The summed E-state index contributed by atoms with van der Waals surface area (Å²) in [5, 5.41) is 25.4. The Balaban J connectivity index is 1.69. The molecule has 4 rings (SSSR count). The van der Waals surface area contributed by atoms with Crippen LogP contribution < -0.4 is 38.1 Å². The molecule has 0 radical (unpaired) electrons. The molecule has 0 saturated carbocycles. The van der Waals surface area contributed by atoms with E-state index < -0.39 is 89.6 Å². The second kappa shape index (κ2) is 17.3. The van der Waals surface area contributed by atoms with Crippen molar-refractivity contribution in [1.82, 2.24) is 31.5 Å². The molecule has 16 nitrogen and oxygen atoms in total. The molecule has 7 amide bonds. The first-order valence-electron chi connectivity index (χ1n) is 16.7. The summed E-state index contributed by atoms with van der Waals surface area (Å²) in [4.78, 5) is 95.1. The van der Waals surface area contributed by atoms with E-state index >= 15 is 0 Å². The van der Waals surface area contributed by atoms with Gasteiger partial charge in [0.05, 0.1) is 18.4 Å². The van der Waals surface area contributed by atoms with Crippen LogP contribution in [-0.2, 0) is 33.6 Å². The molecule has 0 spiro atoms. The predicted molar refractivity (Wildman–Crippen MR) is 195 cm³/mol. The lowest BCUT2D eigenvalue weighted by Crippen LogP contribution is -2.58. The number of fused-ring (bicyclic) bond motifs is 1. The first-order chi connectivity index (χ1) is 24.5. The topological polar surface area (TPSA) is 255 Å². The second-order valence-electron chi connectivity index (χ2n) is 13.8. The number of nitrogens with two attached hydrogens (primary N) is 2. The monoisotopic (exact) mass is 758 g/mol. The van der Waals surface area contributed by atoms with E-state index in [2.05, 4.69) is 26.6 Å². The summed E-state index contributed by atoms with van der Waals surface area (Å²) in [7, 11) is 0. The first kappa shape index (κ1) is 40.3. The van der Waals surface area contributed by atoms with E-state index in [0.29, 0.717) is 5.56 Å². The third kappa shape index (κ3) is 10.1. The Hall–Kier alpha value is -4.52. The van der Waals surface area contributed by atoms with Crippen LogP contribution in [0.5, 0.6) is 0 Å². The lowest BCUT2D eigenvalue weighted by molar-refractivity contribution is -0.144. The highest BCUT2D eigenvalue weighted by Gasteiger charge is 2.45. The van der Waals surface area contributed by atoms with Gasteiger partial charge in [0.15, 0.2) is 0 Å². The number of primary amides is 1. The van der Waals surface area contributed by atoms with Crippen molar-refractivity contribution in [3.05, 3.63) is 46.8 Å². The zero-order valence-electron chi connectivity index (χ0n) is 29.4. The molecule has 0 aliphatic carbocycles. The number of nitrogens with one attached hydrogen (secondary N) is 5. The number of benzene rings is 1. The molecule has 282 valence electrons. The Kier molecular flexibility index (Phi) is 13.4. The Labute approximate surface area is 309 Å². The molecule has 2 aromatic rings. The predicted octanol–water partition coefficient (Wildman–Crippen LogP) is -1.35. The number of hydrogen-bond acceptors (Lipinski definition) is 11. The van der Waals surface area contributed by atoms with Crippen LogP contribution in [0.2, 0.25) is 0 Å². The van der Waals surface area contributed by atoms with Gasteiger partial charge in [-0.2, -0.15) is 0 Å². The minimum absolute atomic E-state index is 0.111. The Bertz CT molecular complexity index is 1680. The highest BCUT2D eigenvalue weighted by molar-refractivity contribution is 8.00. The van der Waals surface area contributed by atoms with Gasteiger partial charge in [-0.3, -0.25) is 33.6 Å². The van der Waals surface area contributed by atoms with E-state index in [1.165, 1.54) is 4.90 Å². The number of thiophene rings is 1. The molecule has 2 fully saturated rings. The van der Waals surface area contributed by atoms with Gasteiger partial charge in [-0.1, -0.05) is 45.0 Å². The van der Waals surface area contributed by atoms with Gasteiger partial charge in [0.25, 0.3) is 0 Å². The summed E-state index contributed by atoms with van der Waals surface area (Å²) in [6, 6.07) is 2.72. The third-order valence-electron chi connectivity index (χ3n) is 8.69. The van der Waals surface area contributed by atoms with Gasteiger partial charge in [0, 0.05) is 30.1 Å². The molecule has 2 saturated heterocycles. The maximum atomic E-state index is 14.1. The zero-order chi connectivity index (χ0) is 38.3. The van der Waals surface area contributed by atoms with Crippen molar-refractivity contribution in [2.45, 2.75) is 70.4 Å². The molecule has 3 heterocycles. The van der Waals surface area contributed by atoms with Crippen molar-refractivity contribution >= 4 is 64.4 Å². The van der Waals surface area contributed by atoms with Gasteiger partial charge in [0.2, 0.25) is 41.4 Å². The number of amides is 7. The Morgan fingerprint density at radius 2 is 1.63 bits per heavy atom. The number of rotatable bonds is 4. The van der Waals surface area contributed by atoms with Crippen molar-refractivity contribution in [2.75, 3.05) is 31.1 Å². The van der Waals surface area contributed by atoms with Crippen molar-refractivity contribution in [2.24, 2.45) is 16.9 Å². The van der Waals surface area contributed by atoms with Gasteiger partial charge in [-0.15, -0.1) is 23.1 Å². The lowest BCUT2D eigenvalue weighted by atomic mass is 9.85. The molecule has 0 unspecified atom stereocenters. The van der Waals surface area contributed by atoms with Crippen molar-refractivity contribution in [3.8, 4) is 10.4 Å². The maximum Gasteiger partial charge on any atom is 0.247 e. The molecule has 52 heavy (non-hydrogen) atoms. The van der Waals surface area contributed by atoms with Crippen LogP contribution in [0.25, 0.3) is 10.4 Å². The molecule has 18 heteroatoms. The Morgan fingerprint density at radius 1 is 0.942 bits per heavy atom. The van der Waals surface area contributed by atoms with Gasteiger partial charge in [0.1, 0.15) is 30.2 Å². The second-order valence-corrected chi connectivity index (χ2v) is 15.8. The fraction of sp³-hybridized carbons (Fsp3) is 0.500. The van der Waals surface area contributed by atoms with E-state index in [1.54, 1.807) is 56.4 Å². The minimum Gasteiger partial charge on any atom is -0.391 e. The van der Waals surface area contributed by atoms with Crippen LogP contribution >= 0.6 is 23.1 Å². The average Bonchev–Trinajstić information content (AvgIpc) is 3.70. The van der Waals surface area contributed by atoms with Crippen LogP contribution in [0, 0.1) is 12.3 Å². The minimum atomic E-state index is -1.34. The standard InChI is InChI=1S/C34H46N8O8S2/c1-17-9-10-52-27(17)19-7-5-18(6-8-19)26-32(49)37-13-24(44)38-21(12-35)30(47)39-22(29(36)46)15-51-16-25(45)40-28(34(2,3)4)33(50)42-14-20(43)11-23(42)31(48)41-26/h5-10,20-23,26,28,43H,11-16,35H2,1-4H3,(H2,36,46)(H,37,49)(H,38,44)(H,39,47)(H,40,45)(H,41,48)/t20-,21+,22-,23+,26-,28-/m1/s1. The molecule has 2 aliphatic rings. The maximum absolute atomic E-state index is 14.1. The van der Waals surface area contributed by atoms with Gasteiger partial charge >= 0.3 is 0 Å². The van der Waals surface area contributed by atoms with Crippen LogP contribution in [0.15, 0.2) is 35.7 Å². The molecule has 10 N–H and O–H groups in total. The van der Waals surface area contributed by atoms with Crippen molar-refractivity contribution < 1.29 is 38.7 Å². The summed E-state index contributed by atoms with van der Waals surface area (Å²) < 4.78 is 0. The van der Waals surface area contributed by atoms with E-state index in [0.717, 1.165) is 27.8 Å². The average molecular weight is 759 g/mol. The van der Waals surface area contributed by atoms with Crippen LogP contribution in [0.4, 0.5) is 0 Å². The van der Waals surface area contributed by atoms with Crippen molar-refractivity contribution in [1.29, 1.82) is 0 Å². The highest BCUT2D eigenvalue weighted by Crippen LogP contribution is 2.31. The summed E-state index contributed by atoms with van der Waals surface area (Å²) in [5.74, 6) is -5.50. The van der Waals surface area contributed by atoms with Crippen molar-refractivity contribution in [3.63, 3.8) is 0 Å². The normalized spacial score (nSPS) is 26.2. The lowest BCUT2D eigenvalue weighted by Gasteiger charge is -2.35. The number of carbonyl (C=O) groups excluding carboxylic acids is 7. The fourth-order valence-electron chi connectivity index (χ4n) is 5.84. The van der Waals surface area contributed by atoms with Crippen LogP contribution in [0.1, 0.15) is 44.4 Å². The summed E-state index contributed by atoms with van der Waals surface area (Å²) in [6.45, 7) is 6.02. The number of carbonyl (C=O) groups is 7. The number of thioether (sulfide) groups is 1. The van der Waals surface area contributed by atoms with Gasteiger partial charge in [-0.25, -0.2) is 0 Å². The smallest absolute Gasteiger partial charge is 0.247 e. The highest BCUT2D eigenvalue weighted by atomic mass is 32.2. The quantitative estimate of drug-likeness (QED) is 0.182. The summed E-state index contributed by atoms with van der Waals surface area (Å²) >= 11 is 2.52. The number of aliphatic hydroxyl groups is 1. The number of nitrogens with zero attached hydrogens (tertiary/aromatic N) is 1. The van der Waals surface area contributed by atoms with E-state index in [-0.39, 0.29) is 31.0 Å².